The van der Waals surface area contributed by atoms with E-state index in [1.165, 1.54) is 14.2 Å². The van der Waals surface area contributed by atoms with E-state index in [2.05, 4.69) is 4.90 Å². The highest BCUT2D eigenvalue weighted by molar-refractivity contribution is 7.92. The zero-order valence-corrected chi connectivity index (χ0v) is 19.1. The van der Waals surface area contributed by atoms with Gasteiger partial charge in [0.05, 0.1) is 24.6 Å². The quantitative estimate of drug-likeness (QED) is 0.698. The average Bonchev–Trinajstić information content (AvgIpc) is 2.73. The lowest BCUT2D eigenvalue weighted by molar-refractivity contribution is 0.0743. The third-order valence-corrected chi connectivity index (χ3v) is 6.79. The Hall–Kier alpha value is -2.45. The van der Waals surface area contributed by atoms with E-state index in [9.17, 15) is 13.2 Å². The molecule has 0 atom stereocenters. The summed E-state index contributed by atoms with van der Waals surface area (Å²) in [7, 11) is -0.490. The molecular weight excluding hydrogens is 426 g/mol. The van der Waals surface area contributed by atoms with Crippen LogP contribution in [0.4, 0.5) is 11.4 Å². The molecule has 2 aromatic rings. The summed E-state index contributed by atoms with van der Waals surface area (Å²) >= 11 is 6.15. The molecule has 1 aliphatic rings. The Labute approximate surface area is 182 Å². The number of ether oxygens (including phenoxy) is 1. The van der Waals surface area contributed by atoms with Crippen LogP contribution >= 0.6 is 11.6 Å². The van der Waals surface area contributed by atoms with Crippen LogP contribution < -0.4 is 13.9 Å². The van der Waals surface area contributed by atoms with Gasteiger partial charge in [0, 0.05) is 43.9 Å². The van der Waals surface area contributed by atoms with Crippen molar-refractivity contribution in [3.63, 3.8) is 0 Å². The number of methoxy groups -OCH3 is 1. The van der Waals surface area contributed by atoms with E-state index >= 15 is 0 Å². The lowest BCUT2D eigenvalue weighted by Crippen LogP contribution is -2.49. The highest BCUT2D eigenvalue weighted by Gasteiger charge is 2.26. The maximum atomic E-state index is 13.2. The SMILES string of the molecule is COc1ccc(N(C)S(C)(=O)=O)cc1C(=O)N1CCN(c2cc(Cl)ccc2C)CC1. The number of anilines is 2. The second kappa shape index (κ2) is 8.73. The molecule has 1 fully saturated rings. The van der Waals surface area contributed by atoms with E-state index in [0.29, 0.717) is 48.2 Å². The summed E-state index contributed by atoms with van der Waals surface area (Å²) < 4.78 is 30.2. The van der Waals surface area contributed by atoms with E-state index in [0.717, 1.165) is 21.8 Å². The largest absolute Gasteiger partial charge is 0.496 e. The first-order valence-corrected chi connectivity index (χ1v) is 11.8. The third kappa shape index (κ3) is 4.65. The molecule has 1 aliphatic heterocycles. The van der Waals surface area contributed by atoms with Crippen molar-refractivity contribution >= 4 is 38.9 Å². The van der Waals surface area contributed by atoms with Crippen LogP contribution in [0.5, 0.6) is 5.75 Å². The summed E-state index contributed by atoms with van der Waals surface area (Å²) in [6.45, 7) is 4.48. The van der Waals surface area contributed by atoms with Crippen LogP contribution in [0.25, 0.3) is 0 Å². The standard InChI is InChI=1S/C21H26ClN3O4S/c1-15-5-6-16(22)13-19(15)24-9-11-25(12-10-24)21(26)18-14-17(7-8-20(18)29-3)23(2)30(4,27)28/h5-8,13-14H,9-12H2,1-4H3. The number of hydrogen-bond acceptors (Lipinski definition) is 5. The summed E-state index contributed by atoms with van der Waals surface area (Å²) in [5.74, 6) is 0.233. The Bertz CT molecular complexity index is 1050. The van der Waals surface area contributed by atoms with Crippen molar-refractivity contribution in [3.8, 4) is 5.75 Å². The first-order valence-electron chi connectivity index (χ1n) is 9.54. The molecule has 0 unspecified atom stereocenters. The van der Waals surface area contributed by atoms with E-state index in [4.69, 9.17) is 16.3 Å². The Morgan fingerprint density at radius 1 is 1.10 bits per heavy atom. The normalized spacial score (nSPS) is 14.6. The number of benzene rings is 2. The summed E-state index contributed by atoms with van der Waals surface area (Å²) in [5.41, 5.74) is 2.97. The fourth-order valence-electron chi connectivity index (χ4n) is 3.49. The number of carbonyl (C=O) groups is 1. The van der Waals surface area contributed by atoms with Gasteiger partial charge < -0.3 is 14.5 Å². The number of hydrogen-bond donors (Lipinski definition) is 0. The zero-order chi connectivity index (χ0) is 22.1. The van der Waals surface area contributed by atoms with Crippen LogP contribution in [0.1, 0.15) is 15.9 Å². The molecule has 0 saturated carbocycles. The molecule has 0 aliphatic carbocycles. The van der Waals surface area contributed by atoms with Gasteiger partial charge in [-0.2, -0.15) is 0 Å². The molecule has 3 rings (SSSR count). The second-order valence-corrected chi connectivity index (χ2v) is 9.78. The first kappa shape index (κ1) is 22.2. The van der Waals surface area contributed by atoms with Crippen LogP contribution in [0.2, 0.25) is 5.02 Å². The van der Waals surface area contributed by atoms with Gasteiger partial charge in [-0.25, -0.2) is 8.42 Å². The number of aryl methyl sites for hydroxylation is 1. The van der Waals surface area contributed by atoms with Crippen LogP contribution in [0.3, 0.4) is 0 Å². The second-order valence-electron chi connectivity index (χ2n) is 7.33. The minimum Gasteiger partial charge on any atom is -0.496 e. The summed E-state index contributed by atoms with van der Waals surface area (Å²) in [6.07, 6.45) is 1.12. The van der Waals surface area contributed by atoms with Gasteiger partial charge in [0.1, 0.15) is 5.75 Å². The molecule has 1 heterocycles. The number of piperazine rings is 1. The lowest BCUT2D eigenvalue weighted by Gasteiger charge is -2.37. The molecule has 9 heteroatoms. The minimum atomic E-state index is -3.44. The van der Waals surface area contributed by atoms with Crippen LogP contribution in [0, 0.1) is 6.92 Å². The molecule has 0 N–H and O–H groups in total. The molecule has 7 nitrogen and oxygen atoms in total. The van der Waals surface area contributed by atoms with Gasteiger partial charge >= 0.3 is 0 Å². The minimum absolute atomic E-state index is 0.182. The van der Waals surface area contributed by atoms with E-state index < -0.39 is 10.0 Å². The van der Waals surface area contributed by atoms with E-state index in [-0.39, 0.29) is 5.91 Å². The van der Waals surface area contributed by atoms with Crippen molar-refractivity contribution < 1.29 is 17.9 Å². The van der Waals surface area contributed by atoms with Crippen molar-refractivity contribution in [1.29, 1.82) is 0 Å². The monoisotopic (exact) mass is 451 g/mol. The van der Waals surface area contributed by atoms with Crippen molar-refractivity contribution in [2.45, 2.75) is 6.92 Å². The van der Waals surface area contributed by atoms with Crippen molar-refractivity contribution in [1.82, 2.24) is 4.90 Å². The Morgan fingerprint density at radius 2 is 1.77 bits per heavy atom. The van der Waals surface area contributed by atoms with Crippen LogP contribution in [-0.2, 0) is 10.0 Å². The summed E-state index contributed by atoms with van der Waals surface area (Å²) in [6, 6.07) is 10.6. The molecule has 1 saturated heterocycles. The summed E-state index contributed by atoms with van der Waals surface area (Å²) in [5, 5.41) is 0.686. The highest BCUT2D eigenvalue weighted by atomic mass is 35.5. The van der Waals surface area contributed by atoms with Crippen LogP contribution in [0.15, 0.2) is 36.4 Å². The molecule has 0 radical (unpaired) electrons. The number of carbonyl (C=O) groups excluding carboxylic acids is 1. The average molecular weight is 452 g/mol. The van der Waals surface area contributed by atoms with Gasteiger partial charge in [0.25, 0.3) is 5.91 Å². The van der Waals surface area contributed by atoms with Gasteiger partial charge in [-0.3, -0.25) is 9.10 Å². The Balaban J connectivity index is 1.80. The van der Waals surface area contributed by atoms with Gasteiger partial charge in [-0.05, 0) is 42.8 Å². The molecule has 0 bridgehead atoms. The molecule has 30 heavy (non-hydrogen) atoms. The predicted molar refractivity (Wildman–Crippen MR) is 121 cm³/mol. The smallest absolute Gasteiger partial charge is 0.257 e. The molecule has 162 valence electrons. The van der Waals surface area contributed by atoms with Crippen molar-refractivity contribution in [2.24, 2.45) is 0 Å². The van der Waals surface area contributed by atoms with E-state index in [1.807, 2.05) is 25.1 Å². The fourth-order valence-corrected chi connectivity index (χ4v) is 4.16. The molecule has 0 aromatic heterocycles. The highest BCUT2D eigenvalue weighted by Crippen LogP contribution is 2.29. The Kier molecular flexibility index (Phi) is 6.47. The molecule has 2 aromatic carbocycles. The molecular formula is C21H26ClN3O4S. The fraction of sp³-hybridized carbons (Fsp3) is 0.381. The molecule has 1 amide bonds. The zero-order valence-electron chi connectivity index (χ0n) is 17.6. The maximum Gasteiger partial charge on any atom is 0.257 e. The Morgan fingerprint density at radius 3 is 2.37 bits per heavy atom. The number of halogens is 1. The number of sulfonamides is 1. The lowest BCUT2D eigenvalue weighted by atomic mass is 10.1. The maximum absolute atomic E-state index is 13.2. The van der Waals surface area contributed by atoms with Crippen molar-refractivity contribution in [3.05, 3.63) is 52.5 Å². The van der Waals surface area contributed by atoms with E-state index in [1.54, 1.807) is 23.1 Å². The van der Waals surface area contributed by atoms with Gasteiger partial charge in [0.2, 0.25) is 10.0 Å². The number of rotatable bonds is 5. The third-order valence-electron chi connectivity index (χ3n) is 5.35. The summed E-state index contributed by atoms with van der Waals surface area (Å²) in [4.78, 5) is 17.2. The number of nitrogens with zero attached hydrogens (tertiary/aromatic N) is 3. The van der Waals surface area contributed by atoms with Gasteiger partial charge in [-0.1, -0.05) is 17.7 Å². The van der Waals surface area contributed by atoms with Gasteiger partial charge in [-0.15, -0.1) is 0 Å². The molecule has 0 spiro atoms. The first-order chi connectivity index (χ1) is 14.1. The van der Waals surface area contributed by atoms with Crippen molar-refractivity contribution in [2.75, 3.05) is 55.8 Å². The number of amides is 1. The van der Waals surface area contributed by atoms with Gasteiger partial charge in [0.15, 0.2) is 0 Å². The predicted octanol–water partition coefficient (Wildman–Crippen LogP) is 3.02. The van der Waals surface area contributed by atoms with Crippen LogP contribution in [-0.4, -0.2) is 65.8 Å². The topological polar surface area (TPSA) is 70.2 Å².